The van der Waals surface area contributed by atoms with Crippen LogP contribution in [-0.2, 0) is 22.6 Å². The topological polar surface area (TPSA) is 68.2 Å². The molecule has 1 aromatic rings. The van der Waals surface area contributed by atoms with Crippen LogP contribution >= 0.6 is 24.0 Å². The van der Waals surface area contributed by atoms with Gasteiger partial charge in [0.2, 0.25) is 11.8 Å². The number of amides is 2. The normalized spacial score (nSPS) is 13.4. The zero-order chi connectivity index (χ0) is 19.3. The Morgan fingerprint density at radius 1 is 1.15 bits per heavy atom. The molecule has 0 spiro atoms. The van der Waals surface area contributed by atoms with Crippen molar-refractivity contribution in [2.75, 3.05) is 47.8 Å². The maximum atomic E-state index is 13.5. The standard InChI is InChI=1S/C18H26FN5O2.HI/c1-22(2)16(25)10-20-18(21-11-17(26)23(3)4)24-8-7-13-5-6-15(19)9-14(13)12-24;/h5-6,9H,7-8,10-12H2,1-4H3,(H,20,21);1H. The van der Waals surface area contributed by atoms with Gasteiger partial charge in [0.1, 0.15) is 12.4 Å². The van der Waals surface area contributed by atoms with E-state index < -0.39 is 0 Å². The minimum Gasteiger partial charge on any atom is -0.347 e. The molecule has 2 amide bonds. The van der Waals surface area contributed by atoms with E-state index in [-0.39, 0.29) is 54.7 Å². The van der Waals surface area contributed by atoms with Gasteiger partial charge in [-0.05, 0) is 29.7 Å². The summed E-state index contributed by atoms with van der Waals surface area (Å²) in [5, 5.41) is 3.03. The molecule has 0 aliphatic carbocycles. The summed E-state index contributed by atoms with van der Waals surface area (Å²) in [6.45, 7) is 1.22. The molecule has 0 atom stereocenters. The van der Waals surface area contributed by atoms with Crippen LogP contribution < -0.4 is 5.32 Å². The number of hydrogen-bond donors (Lipinski definition) is 1. The second-order valence-electron chi connectivity index (χ2n) is 6.65. The van der Waals surface area contributed by atoms with Gasteiger partial charge in [0.05, 0.1) is 6.54 Å². The molecular formula is C18H27FIN5O2. The summed E-state index contributed by atoms with van der Waals surface area (Å²) in [4.78, 5) is 33.0. The molecule has 9 heteroatoms. The zero-order valence-electron chi connectivity index (χ0n) is 16.2. The van der Waals surface area contributed by atoms with Gasteiger partial charge in [-0.1, -0.05) is 6.07 Å². The minimum absolute atomic E-state index is 0. The highest BCUT2D eigenvalue weighted by Gasteiger charge is 2.21. The predicted octanol–water partition coefficient (Wildman–Crippen LogP) is 0.924. The summed E-state index contributed by atoms with van der Waals surface area (Å²) < 4.78 is 13.5. The van der Waals surface area contributed by atoms with Gasteiger partial charge in [-0.25, -0.2) is 9.38 Å². The molecule has 0 fully saturated rings. The molecule has 0 unspecified atom stereocenters. The molecule has 1 aromatic carbocycles. The Morgan fingerprint density at radius 2 is 1.81 bits per heavy atom. The van der Waals surface area contributed by atoms with Gasteiger partial charge in [0, 0.05) is 41.3 Å². The van der Waals surface area contributed by atoms with Gasteiger partial charge in [-0.2, -0.15) is 0 Å². The van der Waals surface area contributed by atoms with Gasteiger partial charge < -0.3 is 20.0 Å². The molecule has 1 aliphatic heterocycles. The van der Waals surface area contributed by atoms with Crippen molar-refractivity contribution in [2.24, 2.45) is 4.99 Å². The van der Waals surface area contributed by atoms with E-state index in [9.17, 15) is 14.0 Å². The highest BCUT2D eigenvalue weighted by Crippen LogP contribution is 2.20. The number of nitrogens with one attached hydrogen (secondary N) is 1. The Morgan fingerprint density at radius 3 is 2.44 bits per heavy atom. The summed E-state index contributed by atoms with van der Waals surface area (Å²) in [6, 6.07) is 4.79. The summed E-state index contributed by atoms with van der Waals surface area (Å²) >= 11 is 0. The van der Waals surface area contributed by atoms with E-state index in [0.717, 1.165) is 17.5 Å². The number of carbonyl (C=O) groups excluding carboxylic acids is 2. The lowest BCUT2D eigenvalue weighted by atomic mass is 10.00. The quantitative estimate of drug-likeness (QED) is 0.387. The van der Waals surface area contributed by atoms with Crippen LogP contribution in [0.5, 0.6) is 0 Å². The molecular weight excluding hydrogens is 464 g/mol. The Balaban J connectivity index is 0.00000364. The number of aliphatic imine (C=N–C) groups is 1. The first kappa shape index (κ1) is 23.1. The van der Waals surface area contributed by atoms with Crippen LogP contribution in [0.1, 0.15) is 11.1 Å². The Labute approximate surface area is 176 Å². The van der Waals surface area contributed by atoms with Crippen molar-refractivity contribution in [2.45, 2.75) is 13.0 Å². The van der Waals surface area contributed by atoms with E-state index in [0.29, 0.717) is 19.0 Å². The number of fused-ring (bicyclic) bond motifs is 1. The monoisotopic (exact) mass is 491 g/mol. The first-order chi connectivity index (χ1) is 12.3. The van der Waals surface area contributed by atoms with Gasteiger partial charge in [-0.3, -0.25) is 9.59 Å². The summed E-state index contributed by atoms with van der Waals surface area (Å²) in [5.74, 6) is -0.0280. The highest BCUT2D eigenvalue weighted by molar-refractivity contribution is 14.0. The number of likely N-dealkylation sites (N-methyl/N-ethyl adjacent to an activating group) is 2. The van der Waals surface area contributed by atoms with E-state index in [1.165, 1.54) is 21.9 Å². The molecule has 27 heavy (non-hydrogen) atoms. The molecule has 0 radical (unpaired) electrons. The minimum atomic E-state index is -0.275. The first-order valence-electron chi connectivity index (χ1n) is 8.48. The Kier molecular flexibility index (Phi) is 8.94. The SMILES string of the molecule is CN(C)C(=O)CN=C(NCC(=O)N(C)C)N1CCc2ccc(F)cc2C1.I. The number of carbonyl (C=O) groups is 2. The lowest BCUT2D eigenvalue weighted by Crippen LogP contribution is -2.47. The fourth-order valence-electron chi connectivity index (χ4n) is 2.57. The third-order valence-electron chi connectivity index (χ3n) is 4.24. The number of hydrogen-bond acceptors (Lipinski definition) is 3. The van der Waals surface area contributed by atoms with Crippen LogP contribution in [-0.4, -0.2) is 80.3 Å². The maximum absolute atomic E-state index is 13.5. The third kappa shape index (κ3) is 6.64. The van der Waals surface area contributed by atoms with Crippen LogP contribution in [0.15, 0.2) is 23.2 Å². The molecule has 1 heterocycles. The van der Waals surface area contributed by atoms with Gasteiger partial charge in [0.15, 0.2) is 5.96 Å². The second kappa shape index (κ2) is 10.4. The maximum Gasteiger partial charge on any atom is 0.243 e. The van der Waals surface area contributed by atoms with Crippen LogP contribution in [0.25, 0.3) is 0 Å². The highest BCUT2D eigenvalue weighted by atomic mass is 127. The smallest absolute Gasteiger partial charge is 0.243 e. The van der Waals surface area contributed by atoms with Crippen molar-refractivity contribution in [1.82, 2.24) is 20.0 Å². The van der Waals surface area contributed by atoms with Crippen LogP contribution in [0.4, 0.5) is 4.39 Å². The van der Waals surface area contributed by atoms with Crippen LogP contribution in [0, 0.1) is 5.82 Å². The van der Waals surface area contributed by atoms with Crippen molar-refractivity contribution < 1.29 is 14.0 Å². The molecule has 7 nitrogen and oxygen atoms in total. The lowest BCUT2D eigenvalue weighted by Gasteiger charge is -2.32. The van der Waals surface area contributed by atoms with E-state index >= 15 is 0 Å². The first-order valence-corrected chi connectivity index (χ1v) is 8.48. The molecule has 150 valence electrons. The van der Waals surface area contributed by atoms with Gasteiger partial charge in [0.25, 0.3) is 0 Å². The molecule has 0 saturated heterocycles. The number of rotatable bonds is 4. The van der Waals surface area contributed by atoms with Crippen LogP contribution in [0.3, 0.4) is 0 Å². The number of halogens is 2. The molecule has 0 bridgehead atoms. The largest absolute Gasteiger partial charge is 0.347 e. The average Bonchev–Trinajstić information content (AvgIpc) is 2.60. The van der Waals surface area contributed by atoms with E-state index in [4.69, 9.17) is 0 Å². The predicted molar refractivity (Wildman–Crippen MR) is 114 cm³/mol. The third-order valence-corrected chi connectivity index (χ3v) is 4.24. The molecule has 1 N–H and O–H groups in total. The molecule has 0 aromatic heterocycles. The summed E-state index contributed by atoms with van der Waals surface area (Å²) in [5.41, 5.74) is 2.00. The number of guanidine groups is 1. The summed E-state index contributed by atoms with van der Waals surface area (Å²) in [6.07, 6.45) is 0.750. The second-order valence-corrected chi connectivity index (χ2v) is 6.65. The van der Waals surface area contributed by atoms with E-state index in [1.807, 2.05) is 4.90 Å². The van der Waals surface area contributed by atoms with Gasteiger partial charge >= 0.3 is 0 Å². The van der Waals surface area contributed by atoms with E-state index in [2.05, 4.69) is 10.3 Å². The van der Waals surface area contributed by atoms with Crippen molar-refractivity contribution in [3.8, 4) is 0 Å². The summed E-state index contributed by atoms with van der Waals surface area (Å²) in [7, 11) is 6.69. The van der Waals surface area contributed by atoms with Gasteiger partial charge in [-0.15, -0.1) is 24.0 Å². The fourth-order valence-corrected chi connectivity index (χ4v) is 2.57. The molecule has 1 aliphatic rings. The van der Waals surface area contributed by atoms with Crippen molar-refractivity contribution in [3.05, 3.63) is 35.1 Å². The Hall–Kier alpha value is -1.91. The lowest BCUT2D eigenvalue weighted by molar-refractivity contribution is -0.127. The Bertz CT molecular complexity index is 709. The van der Waals surface area contributed by atoms with Crippen LogP contribution in [0.2, 0.25) is 0 Å². The zero-order valence-corrected chi connectivity index (χ0v) is 18.5. The van der Waals surface area contributed by atoms with Crippen molar-refractivity contribution in [3.63, 3.8) is 0 Å². The number of nitrogens with zero attached hydrogens (tertiary/aromatic N) is 4. The van der Waals surface area contributed by atoms with E-state index in [1.54, 1.807) is 34.3 Å². The van der Waals surface area contributed by atoms with Crippen molar-refractivity contribution in [1.29, 1.82) is 0 Å². The number of benzene rings is 1. The fraction of sp³-hybridized carbons (Fsp3) is 0.500. The molecule has 0 saturated carbocycles. The average molecular weight is 491 g/mol. The van der Waals surface area contributed by atoms with Crippen molar-refractivity contribution >= 4 is 41.8 Å². The molecule has 2 rings (SSSR count).